The molecule has 1 unspecified atom stereocenters. The Balaban J connectivity index is 2.53. The first-order chi connectivity index (χ1) is 8.41. The molecule has 0 fully saturated rings. The van der Waals surface area contributed by atoms with E-state index in [1.165, 1.54) is 7.11 Å². The van der Waals surface area contributed by atoms with Crippen molar-refractivity contribution >= 4 is 17.3 Å². The van der Waals surface area contributed by atoms with Crippen LogP contribution in [0.25, 0.3) is 0 Å². The summed E-state index contributed by atoms with van der Waals surface area (Å²) < 4.78 is 5.73. The summed E-state index contributed by atoms with van der Waals surface area (Å²) in [6.07, 6.45) is 0.529. The summed E-state index contributed by atoms with van der Waals surface area (Å²) in [4.78, 5) is 16.5. The van der Waals surface area contributed by atoms with Gasteiger partial charge in [-0.25, -0.2) is 4.84 Å². The third-order valence-electron chi connectivity index (χ3n) is 3.11. The Morgan fingerprint density at radius 2 is 2.33 bits per heavy atom. The third kappa shape index (κ3) is 1.93. The number of rotatable bonds is 3. The Morgan fingerprint density at radius 1 is 1.67 bits per heavy atom. The Morgan fingerprint density at radius 3 is 2.89 bits per heavy atom. The van der Waals surface area contributed by atoms with E-state index in [9.17, 15) is 10.0 Å². The predicted octanol–water partition coefficient (Wildman–Crippen LogP) is 2.31. The van der Waals surface area contributed by atoms with Crippen molar-refractivity contribution < 1.29 is 19.6 Å². The highest BCUT2D eigenvalue weighted by molar-refractivity contribution is 6.33. The Labute approximate surface area is 110 Å². The van der Waals surface area contributed by atoms with Crippen molar-refractivity contribution in [3.8, 4) is 5.75 Å². The Bertz CT molecular complexity index is 517. The van der Waals surface area contributed by atoms with E-state index >= 15 is 0 Å². The van der Waals surface area contributed by atoms with E-state index in [4.69, 9.17) is 16.3 Å². The fourth-order valence-electron chi connectivity index (χ4n) is 2.10. The lowest BCUT2D eigenvalue weighted by molar-refractivity contribution is -0.736. The van der Waals surface area contributed by atoms with Crippen LogP contribution in [0.1, 0.15) is 18.1 Å². The molecule has 0 radical (unpaired) electrons. The topological polar surface area (TPSA) is 58.8 Å². The minimum absolute atomic E-state index is 0.0978. The van der Waals surface area contributed by atoms with Crippen LogP contribution in [-0.4, -0.2) is 29.3 Å². The van der Waals surface area contributed by atoms with Crippen LogP contribution < -0.4 is 4.74 Å². The molecule has 1 aromatic rings. The largest absolute Gasteiger partial charge is 0.484 e. The number of halogens is 1. The van der Waals surface area contributed by atoms with Crippen molar-refractivity contribution in [2.75, 3.05) is 13.7 Å². The average Bonchev–Trinajstić information content (AvgIpc) is 2.71. The fourth-order valence-corrected chi connectivity index (χ4v) is 2.31. The van der Waals surface area contributed by atoms with Gasteiger partial charge in [-0.3, -0.25) is 0 Å². The molecule has 1 aliphatic heterocycles. The first-order valence-corrected chi connectivity index (χ1v) is 5.93. The van der Waals surface area contributed by atoms with Crippen LogP contribution in [0.5, 0.6) is 5.75 Å². The molecule has 5 nitrogen and oxygen atoms in total. The number of hydrogen-bond acceptors (Lipinski definition) is 4. The lowest BCUT2D eigenvalue weighted by atomic mass is 9.99. The third-order valence-corrected chi connectivity index (χ3v) is 3.58. The molecule has 0 saturated carbocycles. The van der Waals surface area contributed by atoms with Crippen LogP contribution >= 0.6 is 11.6 Å². The first kappa shape index (κ1) is 13.1. The summed E-state index contributed by atoms with van der Waals surface area (Å²) in [5, 5.41) is 9.63. The van der Waals surface area contributed by atoms with Crippen LogP contribution in [0.4, 0.5) is 5.69 Å². The molecule has 1 aliphatic rings. The molecule has 1 atom stereocenters. The van der Waals surface area contributed by atoms with Crippen LogP contribution in [0.3, 0.4) is 0 Å². The number of fused-ring (bicyclic) bond motifs is 1. The molecule has 98 valence electrons. The maximum Gasteiger partial charge on any atom is 0.335 e. The molecule has 2 rings (SSSR count). The predicted molar refractivity (Wildman–Crippen MR) is 66.3 cm³/mol. The SMILES string of the molecule is CO[N+](=O)c1cc2c(c(C)c1Cl)OC(C)(CO)C2. The minimum atomic E-state index is -0.657. The Hall–Kier alpha value is -1.33. The molecule has 0 amide bonds. The average molecular weight is 273 g/mol. The number of aliphatic hydroxyl groups excluding tert-OH is 1. The minimum Gasteiger partial charge on any atom is -0.484 e. The highest BCUT2D eigenvalue weighted by atomic mass is 35.5. The molecular formula is C12H15ClNO4+. The molecule has 18 heavy (non-hydrogen) atoms. The van der Waals surface area contributed by atoms with E-state index in [2.05, 4.69) is 4.84 Å². The van der Waals surface area contributed by atoms with Crippen LogP contribution in [-0.2, 0) is 11.3 Å². The van der Waals surface area contributed by atoms with E-state index in [1.54, 1.807) is 13.0 Å². The van der Waals surface area contributed by atoms with Gasteiger partial charge in [0.05, 0.1) is 11.5 Å². The molecule has 0 spiro atoms. The van der Waals surface area contributed by atoms with Crippen LogP contribution in [0, 0.1) is 11.8 Å². The summed E-state index contributed by atoms with van der Waals surface area (Å²) in [6, 6.07) is 1.64. The van der Waals surface area contributed by atoms with E-state index in [0.29, 0.717) is 27.7 Å². The van der Waals surface area contributed by atoms with Gasteiger partial charge in [0, 0.05) is 23.6 Å². The molecule has 0 aliphatic carbocycles. The van der Waals surface area contributed by atoms with Gasteiger partial charge in [0.15, 0.2) is 7.11 Å². The number of ether oxygens (including phenoxy) is 1. The van der Waals surface area contributed by atoms with Gasteiger partial charge in [-0.2, -0.15) is 0 Å². The molecule has 0 bridgehead atoms. The van der Waals surface area contributed by atoms with Crippen molar-refractivity contribution in [1.82, 2.24) is 0 Å². The van der Waals surface area contributed by atoms with Gasteiger partial charge in [-0.15, -0.1) is 0 Å². The highest BCUT2D eigenvalue weighted by Crippen LogP contribution is 2.44. The van der Waals surface area contributed by atoms with E-state index < -0.39 is 5.60 Å². The quantitative estimate of drug-likeness (QED) is 0.858. The fraction of sp³-hybridized carbons (Fsp3) is 0.500. The van der Waals surface area contributed by atoms with Crippen molar-refractivity contribution in [2.45, 2.75) is 25.9 Å². The summed E-state index contributed by atoms with van der Waals surface area (Å²) in [6.45, 7) is 3.49. The Kier molecular flexibility index (Phi) is 3.21. The van der Waals surface area contributed by atoms with Gasteiger partial charge in [0.2, 0.25) is 0 Å². The monoisotopic (exact) mass is 272 g/mol. The summed E-state index contributed by atoms with van der Waals surface area (Å²) >= 11 is 6.12. The van der Waals surface area contributed by atoms with Gasteiger partial charge < -0.3 is 9.84 Å². The second-order valence-corrected chi connectivity index (χ2v) is 5.03. The van der Waals surface area contributed by atoms with Crippen molar-refractivity contribution in [2.24, 2.45) is 0 Å². The molecule has 6 heteroatoms. The second kappa shape index (κ2) is 4.40. The zero-order valence-corrected chi connectivity index (χ0v) is 11.2. The highest BCUT2D eigenvalue weighted by Gasteiger charge is 2.38. The maximum absolute atomic E-state index is 11.5. The van der Waals surface area contributed by atoms with Gasteiger partial charge in [0.1, 0.15) is 16.4 Å². The number of nitrogens with zero attached hydrogens (tertiary/aromatic N) is 1. The second-order valence-electron chi connectivity index (χ2n) is 4.65. The normalized spacial score (nSPS) is 21.4. The van der Waals surface area contributed by atoms with Gasteiger partial charge in [0.25, 0.3) is 4.92 Å². The lowest BCUT2D eigenvalue weighted by Gasteiger charge is -2.20. The number of benzene rings is 1. The number of hydrogen-bond donors (Lipinski definition) is 1. The first-order valence-electron chi connectivity index (χ1n) is 5.55. The van der Waals surface area contributed by atoms with Gasteiger partial charge in [-0.05, 0) is 13.8 Å². The molecular weight excluding hydrogens is 258 g/mol. The lowest BCUT2D eigenvalue weighted by Crippen LogP contribution is -2.34. The van der Waals surface area contributed by atoms with E-state index in [-0.39, 0.29) is 12.3 Å². The molecule has 1 heterocycles. The standard InChI is InChI=1S/C12H15ClNO4/c1-7-10(13)9(14(16)17-3)4-8-5-12(2,6-15)18-11(7)8/h4,15H,5-6H2,1-3H3/q+1. The van der Waals surface area contributed by atoms with Crippen molar-refractivity contribution in [1.29, 1.82) is 0 Å². The molecule has 1 N–H and O–H groups in total. The van der Waals surface area contributed by atoms with Gasteiger partial charge in [-0.1, -0.05) is 11.6 Å². The summed E-state index contributed by atoms with van der Waals surface area (Å²) in [5.41, 5.74) is 1.12. The molecule has 0 aromatic heterocycles. The van der Waals surface area contributed by atoms with E-state index in [1.807, 2.05) is 6.92 Å². The smallest absolute Gasteiger partial charge is 0.335 e. The van der Waals surface area contributed by atoms with Crippen molar-refractivity contribution in [3.05, 3.63) is 27.1 Å². The van der Waals surface area contributed by atoms with Crippen molar-refractivity contribution in [3.63, 3.8) is 0 Å². The van der Waals surface area contributed by atoms with Crippen LogP contribution in [0.2, 0.25) is 5.02 Å². The van der Waals surface area contributed by atoms with Crippen LogP contribution in [0.15, 0.2) is 6.07 Å². The molecule has 0 saturated heterocycles. The number of aliphatic hydroxyl groups is 1. The molecule has 1 aromatic carbocycles. The maximum atomic E-state index is 11.5. The summed E-state index contributed by atoms with van der Waals surface area (Å²) in [7, 11) is 1.28. The van der Waals surface area contributed by atoms with E-state index in [0.717, 1.165) is 5.56 Å². The zero-order valence-electron chi connectivity index (χ0n) is 10.5. The zero-order chi connectivity index (χ0) is 13.5. The van der Waals surface area contributed by atoms with Gasteiger partial charge >= 0.3 is 5.69 Å². The summed E-state index contributed by atoms with van der Waals surface area (Å²) in [5.74, 6) is 0.643.